The van der Waals surface area contributed by atoms with Gasteiger partial charge in [-0.05, 0) is 32.3 Å². The van der Waals surface area contributed by atoms with Crippen molar-refractivity contribution in [2.75, 3.05) is 13.2 Å². The van der Waals surface area contributed by atoms with Crippen molar-refractivity contribution < 1.29 is 32.5 Å². The molecular weight excluding hydrogens is 483 g/mol. The lowest BCUT2D eigenvalue weighted by Crippen LogP contribution is -2.43. The molecule has 36 heavy (non-hydrogen) atoms. The van der Waals surface area contributed by atoms with Gasteiger partial charge in [-0.15, -0.1) is 0 Å². The quantitative estimate of drug-likeness (QED) is 0.474. The van der Waals surface area contributed by atoms with Crippen molar-refractivity contribution in [1.82, 2.24) is 14.5 Å². The Bertz CT molecular complexity index is 1050. The number of alkyl halides is 3. The topological polar surface area (TPSA) is 112 Å². The smallest absolute Gasteiger partial charge is 0.395 e. The van der Waals surface area contributed by atoms with Crippen LogP contribution in [0.5, 0.6) is 0 Å². The first kappa shape index (κ1) is 31.1. The largest absolute Gasteiger partial charge is 0.471 e. The van der Waals surface area contributed by atoms with E-state index in [2.05, 4.69) is 0 Å². The Hall–Kier alpha value is -2.96. The summed E-state index contributed by atoms with van der Waals surface area (Å²) >= 11 is 0. The second-order valence-electron chi connectivity index (χ2n) is 7.89. The minimum Gasteiger partial charge on any atom is -0.395 e. The molecule has 2 aromatic rings. The maximum Gasteiger partial charge on any atom is 0.471 e. The minimum atomic E-state index is -4.85. The molecule has 0 fully saturated rings. The van der Waals surface area contributed by atoms with Crippen LogP contribution in [0.4, 0.5) is 13.2 Å². The van der Waals surface area contributed by atoms with Crippen molar-refractivity contribution in [3.63, 3.8) is 0 Å². The molecule has 1 heterocycles. The fourth-order valence-corrected chi connectivity index (χ4v) is 2.90. The van der Waals surface area contributed by atoms with Crippen LogP contribution in [0.15, 0.2) is 46.1 Å². The molecule has 0 aliphatic carbocycles. The van der Waals surface area contributed by atoms with Gasteiger partial charge in [0.05, 0.1) is 19.3 Å². The van der Waals surface area contributed by atoms with Crippen LogP contribution in [0.3, 0.4) is 0 Å². The number of nitrogens with one attached hydrogen (secondary N) is 1. The van der Waals surface area contributed by atoms with Crippen molar-refractivity contribution in [1.29, 1.82) is 0 Å². The Morgan fingerprint density at radius 3 is 2.31 bits per heavy atom. The summed E-state index contributed by atoms with van der Waals surface area (Å²) in [4.78, 5) is 35.1. The first-order valence-corrected chi connectivity index (χ1v) is 11.5. The molecule has 0 aliphatic heterocycles. The molecule has 0 saturated heterocycles. The Morgan fingerprint density at radius 2 is 1.78 bits per heavy atom. The highest BCUT2D eigenvalue weighted by atomic mass is 19.4. The number of ether oxygens (including phenoxy) is 2. The van der Waals surface area contributed by atoms with E-state index >= 15 is 0 Å². The molecule has 1 amide bonds. The molecule has 9 nitrogen and oxygen atoms in total. The number of halogens is 3. The summed E-state index contributed by atoms with van der Waals surface area (Å²) in [6.07, 6.45) is -2.17. The molecule has 12 heteroatoms. The van der Waals surface area contributed by atoms with Crippen LogP contribution in [-0.4, -0.2) is 45.6 Å². The Labute approximate surface area is 207 Å². The van der Waals surface area contributed by atoms with Crippen LogP contribution >= 0.6 is 0 Å². The lowest BCUT2D eigenvalue weighted by atomic mass is 10.2. The predicted octanol–water partition coefficient (Wildman–Crippen LogP) is 2.87. The first-order valence-electron chi connectivity index (χ1n) is 11.5. The molecule has 1 aromatic heterocycles. The molecule has 0 saturated carbocycles. The number of benzene rings is 1. The maximum atomic E-state index is 12.8. The third-order valence-electron chi connectivity index (χ3n) is 4.98. The van der Waals surface area contributed by atoms with Gasteiger partial charge in [0.25, 0.3) is 5.56 Å². The summed E-state index contributed by atoms with van der Waals surface area (Å²) in [5.74, 6) is -2.03. The van der Waals surface area contributed by atoms with E-state index in [1.807, 2.05) is 51.1 Å². The average Bonchev–Trinajstić information content (AvgIpc) is 2.85. The number of carbonyl (C=O) groups excluding carboxylic acids is 1. The molecule has 0 bridgehead atoms. The third-order valence-corrected chi connectivity index (χ3v) is 4.98. The monoisotopic (exact) mass is 517 g/mol. The number of aliphatic hydroxyl groups excluding tert-OH is 1. The first-order chi connectivity index (χ1) is 17.0. The highest BCUT2D eigenvalue weighted by molar-refractivity contribution is 5.81. The number of aromatic nitrogens is 2. The number of amides is 1. The predicted molar refractivity (Wildman–Crippen MR) is 127 cm³/mol. The molecule has 0 unspecified atom stereocenters. The van der Waals surface area contributed by atoms with Crippen LogP contribution in [0.25, 0.3) is 0 Å². The van der Waals surface area contributed by atoms with E-state index in [0.29, 0.717) is 18.6 Å². The lowest BCUT2D eigenvalue weighted by Gasteiger charge is -2.23. The van der Waals surface area contributed by atoms with E-state index in [0.717, 1.165) is 16.6 Å². The van der Waals surface area contributed by atoms with E-state index in [1.165, 1.54) is 9.88 Å². The van der Waals surface area contributed by atoms with Crippen LogP contribution in [-0.2, 0) is 27.6 Å². The molecule has 1 aromatic carbocycles. The molecule has 202 valence electrons. The summed E-state index contributed by atoms with van der Waals surface area (Å²) in [5, 5.41) is 9.46. The second kappa shape index (κ2) is 15.2. The van der Waals surface area contributed by atoms with Crippen molar-refractivity contribution >= 4 is 5.91 Å². The molecule has 2 N–H and O–H groups in total. The number of aryl methyl sites for hydroxylation is 1. The summed E-state index contributed by atoms with van der Waals surface area (Å²) in [5.41, 5.74) is 0.723. The number of nitrogens with zero attached hydrogens (tertiary/aromatic N) is 2. The Kier molecular flexibility index (Phi) is 13.1. The van der Waals surface area contributed by atoms with Gasteiger partial charge in [-0.2, -0.15) is 13.2 Å². The molecular formula is C24H34F3N3O6. The van der Waals surface area contributed by atoms with Gasteiger partial charge in [0.2, 0.25) is 0 Å². The summed E-state index contributed by atoms with van der Waals surface area (Å²) in [7, 11) is 0. The van der Waals surface area contributed by atoms with Crippen molar-refractivity contribution in [3.8, 4) is 0 Å². The van der Waals surface area contributed by atoms with Crippen LogP contribution in [0.2, 0.25) is 0 Å². The summed E-state index contributed by atoms with van der Waals surface area (Å²) in [6, 6.07) is 9.63. The summed E-state index contributed by atoms with van der Waals surface area (Å²) < 4.78 is 48.0. The highest BCUT2D eigenvalue weighted by Crippen LogP contribution is 2.15. The normalized spacial score (nSPS) is 12.9. The van der Waals surface area contributed by atoms with Gasteiger partial charge in [-0.3, -0.25) is 14.2 Å². The van der Waals surface area contributed by atoms with Gasteiger partial charge in [0.15, 0.2) is 0 Å². The van der Waals surface area contributed by atoms with E-state index < -0.39 is 30.6 Å². The van der Waals surface area contributed by atoms with Crippen molar-refractivity contribution in [2.45, 2.75) is 72.4 Å². The van der Waals surface area contributed by atoms with Gasteiger partial charge in [-0.1, -0.05) is 44.2 Å². The van der Waals surface area contributed by atoms with Gasteiger partial charge in [-0.25, -0.2) is 9.36 Å². The number of carbonyl (C=O) groups is 1. The molecule has 2 atom stereocenters. The zero-order valence-corrected chi connectivity index (χ0v) is 20.9. The number of rotatable bonds is 11. The zero-order valence-electron chi connectivity index (χ0n) is 20.9. The standard InChI is InChI=1S/C20H28N2O4.C4H6F3NO2/c1-5-16(4)26-18(6-2)21-12-15(3)19(23)22(20(21)24)14-25-13-17-10-8-7-9-11-17;5-4(6,7)3(10)8-1-2-9/h7-12,16,18H,5-6,13-14H2,1-4H3;9H,1-2H2,(H,8,10)/t16-,18+;/m0./s1. The van der Waals surface area contributed by atoms with Gasteiger partial charge in [0, 0.05) is 18.3 Å². The van der Waals surface area contributed by atoms with Crippen LogP contribution < -0.4 is 16.6 Å². The van der Waals surface area contributed by atoms with Gasteiger partial charge >= 0.3 is 17.8 Å². The average molecular weight is 518 g/mol. The van der Waals surface area contributed by atoms with E-state index in [4.69, 9.17) is 14.6 Å². The molecule has 0 aliphatic rings. The van der Waals surface area contributed by atoms with E-state index in [9.17, 15) is 27.6 Å². The minimum absolute atomic E-state index is 0.0295. The number of hydrogen-bond donors (Lipinski definition) is 2. The second-order valence-corrected chi connectivity index (χ2v) is 7.89. The number of hydrogen-bond acceptors (Lipinski definition) is 6. The van der Waals surface area contributed by atoms with Crippen LogP contribution in [0, 0.1) is 6.92 Å². The fraction of sp³-hybridized carbons (Fsp3) is 0.542. The molecule has 0 radical (unpaired) electrons. The van der Waals surface area contributed by atoms with Crippen molar-refractivity contribution in [2.24, 2.45) is 0 Å². The van der Waals surface area contributed by atoms with Gasteiger partial charge in [0.1, 0.15) is 13.0 Å². The van der Waals surface area contributed by atoms with E-state index in [1.54, 1.807) is 13.1 Å². The fourth-order valence-electron chi connectivity index (χ4n) is 2.90. The van der Waals surface area contributed by atoms with Crippen LogP contribution in [0.1, 0.15) is 51.0 Å². The Balaban J connectivity index is 0.000000548. The highest BCUT2D eigenvalue weighted by Gasteiger charge is 2.38. The Morgan fingerprint density at radius 1 is 1.14 bits per heavy atom. The maximum absolute atomic E-state index is 12.8. The summed E-state index contributed by atoms with van der Waals surface area (Å²) in [6.45, 7) is 7.02. The van der Waals surface area contributed by atoms with E-state index in [-0.39, 0.29) is 24.9 Å². The lowest BCUT2D eigenvalue weighted by molar-refractivity contribution is -0.173. The van der Waals surface area contributed by atoms with Crippen molar-refractivity contribution in [3.05, 3.63) is 68.5 Å². The number of aliphatic hydroxyl groups is 1. The SMILES string of the molecule is CC[C@H](C)O[C@H](CC)n1cc(C)c(=O)n(COCc2ccccc2)c1=O.O=C(NCCO)C(F)(F)F. The zero-order chi connectivity index (χ0) is 27.3. The third kappa shape index (κ3) is 9.96. The molecule has 2 rings (SSSR count). The van der Waals surface area contributed by atoms with Gasteiger partial charge < -0.3 is 19.9 Å². The molecule has 0 spiro atoms.